The van der Waals surface area contributed by atoms with E-state index >= 15 is 0 Å². The fourth-order valence-electron chi connectivity index (χ4n) is 1.91. The maximum absolute atomic E-state index is 12.0. The number of nitrogens with zero attached hydrogens (tertiary/aromatic N) is 1. The average Bonchev–Trinajstić information content (AvgIpc) is 2.42. The van der Waals surface area contributed by atoms with Crippen molar-refractivity contribution in [3.8, 4) is 5.75 Å². The van der Waals surface area contributed by atoms with Gasteiger partial charge in [-0.05, 0) is 36.8 Å². The van der Waals surface area contributed by atoms with Gasteiger partial charge >= 0.3 is 0 Å². The van der Waals surface area contributed by atoms with Crippen molar-refractivity contribution in [3.63, 3.8) is 0 Å². The Morgan fingerprint density at radius 1 is 1.33 bits per heavy atom. The van der Waals surface area contributed by atoms with E-state index in [0.717, 1.165) is 5.56 Å². The summed E-state index contributed by atoms with van der Waals surface area (Å²) in [6.45, 7) is 1.75. The lowest BCUT2D eigenvalue weighted by atomic mass is 10.2. The van der Waals surface area contributed by atoms with Gasteiger partial charge in [0.1, 0.15) is 12.3 Å². The molecule has 21 heavy (non-hydrogen) atoms. The molecule has 0 aliphatic carbocycles. The summed E-state index contributed by atoms with van der Waals surface area (Å²) in [5, 5.41) is 2.69. The second-order valence-electron chi connectivity index (χ2n) is 4.68. The molecule has 0 spiro atoms. The van der Waals surface area contributed by atoms with Crippen LogP contribution in [0.4, 0.5) is 11.4 Å². The number of anilines is 2. The normalized spacial score (nSPS) is 10.2. The van der Waals surface area contributed by atoms with Crippen LogP contribution in [0, 0.1) is 6.92 Å². The molecule has 2 aromatic rings. The standard InChI is InChI=1S/C15H17N3O3/c1-10-5-6-18(15(20)7-10)9-14(19)17-12-8-11(16)3-4-13(12)21-2/h3-8H,9,16H2,1-2H3,(H,17,19). The van der Waals surface area contributed by atoms with Crippen molar-refractivity contribution in [1.82, 2.24) is 4.57 Å². The SMILES string of the molecule is COc1ccc(N)cc1NC(=O)Cn1ccc(C)cc1=O. The number of nitrogens with two attached hydrogens (primary N) is 1. The number of hydrogen-bond donors (Lipinski definition) is 2. The summed E-state index contributed by atoms with van der Waals surface area (Å²) in [5.74, 6) is 0.179. The maximum Gasteiger partial charge on any atom is 0.251 e. The van der Waals surface area contributed by atoms with Crippen molar-refractivity contribution in [2.45, 2.75) is 13.5 Å². The van der Waals surface area contributed by atoms with E-state index in [1.807, 2.05) is 6.92 Å². The molecule has 6 nitrogen and oxygen atoms in total. The van der Waals surface area contributed by atoms with Gasteiger partial charge in [-0.2, -0.15) is 0 Å². The second kappa shape index (κ2) is 6.13. The molecule has 0 bridgehead atoms. The van der Waals surface area contributed by atoms with Crippen LogP contribution in [0.15, 0.2) is 41.3 Å². The van der Waals surface area contributed by atoms with Crippen LogP contribution >= 0.6 is 0 Å². The van der Waals surface area contributed by atoms with Crippen molar-refractivity contribution in [2.24, 2.45) is 0 Å². The highest BCUT2D eigenvalue weighted by Gasteiger charge is 2.09. The van der Waals surface area contributed by atoms with E-state index in [4.69, 9.17) is 10.5 Å². The summed E-state index contributed by atoms with van der Waals surface area (Å²) >= 11 is 0. The van der Waals surface area contributed by atoms with Crippen LogP contribution in [0.25, 0.3) is 0 Å². The number of benzene rings is 1. The van der Waals surface area contributed by atoms with E-state index in [1.165, 1.54) is 17.7 Å². The Labute approximate surface area is 122 Å². The van der Waals surface area contributed by atoms with Gasteiger partial charge in [0, 0.05) is 18.0 Å². The Kier molecular flexibility index (Phi) is 4.27. The topological polar surface area (TPSA) is 86.3 Å². The van der Waals surface area contributed by atoms with E-state index in [-0.39, 0.29) is 18.0 Å². The zero-order valence-corrected chi connectivity index (χ0v) is 11.9. The zero-order valence-electron chi connectivity index (χ0n) is 11.9. The van der Waals surface area contributed by atoms with Crippen molar-refractivity contribution < 1.29 is 9.53 Å². The first-order chi connectivity index (χ1) is 9.99. The van der Waals surface area contributed by atoms with Crippen LogP contribution in [-0.2, 0) is 11.3 Å². The van der Waals surface area contributed by atoms with Crippen molar-refractivity contribution in [2.75, 3.05) is 18.2 Å². The molecule has 2 rings (SSSR count). The number of rotatable bonds is 4. The molecule has 1 aromatic heterocycles. The minimum Gasteiger partial charge on any atom is -0.495 e. The van der Waals surface area contributed by atoms with E-state index in [1.54, 1.807) is 30.5 Å². The van der Waals surface area contributed by atoms with Crippen molar-refractivity contribution in [3.05, 3.63) is 52.4 Å². The fourth-order valence-corrected chi connectivity index (χ4v) is 1.91. The van der Waals surface area contributed by atoms with Crippen molar-refractivity contribution >= 4 is 17.3 Å². The molecule has 0 aliphatic heterocycles. The zero-order chi connectivity index (χ0) is 15.4. The number of nitrogen functional groups attached to an aromatic ring is 1. The summed E-state index contributed by atoms with van der Waals surface area (Å²) in [4.78, 5) is 23.8. The van der Waals surface area contributed by atoms with Crippen LogP contribution in [0.5, 0.6) is 5.75 Å². The van der Waals surface area contributed by atoms with Crippen LogP contribution in [0.1, 0.15) is 5.56 Å². The summed E-state index contributed by atoms with van der Waals surface area (Å²) in [7, 11) is 1.51. The van der Waals surface area contributed by atoms with Gasteiger partial charge in [0.25, 0.3) is 5.56 Å². The monoisotopic (exact) mass is 287 g/mol. The number of aromatic nitrogens is 1. The molecule has 1 amide bonds. The molecule has 0 aliphatic rings. The van der Waals surface area contributed by atoms with Gasteiger partial charge in [-0.15, -0.1) is 0 Å². The van der Waals surface area contributed by atoms with Gasteiger partial charge in [0.05, 0.1) is 12.8 Å². The van der Waals surface area contributed by atoms with Gasteiger partial charge in [0.15, 0.2) is 0 Å². The number of amides is 1. The molecular formula is C15H17N3O3. The Bertz CT molecular complexity index is 722. The molecule has 0 unspecified atom stereocenters. The molecule has 110 valence electrons. The molecule has 0 fully saturated rings. The lowest BCUT2D eigenvalue weighted by molar-refractivity contribution is -0.116. The van der Waals surface area contributed by atoms with E-state index in [2.05, 4.69) is 5.32 Å². The highest BCUT2D eigenvalue weighted by molar-refractivity contribution is 5.92. The largest absolute Gasteiger partial charge is 0.495 e. The summed E-state index contributed by atoms with van der Waals surface area (Å²) in [6.07, 6.45) is 1.59. The molecular weight excluding hydrogens is 270 g/mol. The molecule has 0 atom stereocenters. The van der Waals surface area contributed by atoms with E-state index in [9.17, 15) is 9.59 Å². The molecule has 0 saturated carbocycles. The number of carbonyl (C=O) groups excluding carboxylic acids is 1. The molecule has 0 saturated heterocycles. The summed E-state index contributed by atoms with van der Waals surface area (Å²) in [5.41, 5.74) is 7.31. The minimum atomic E-state index is -0.329. The molecule has 1 heterocycles. The van der Waals surface area contributed by atoms with E-state index in [0.29, 0.717) is 17.1 Å². The van der Waals surface area contributed by atoms with Gasteiger partial charge in [-0.25, -0.2) is 0 Å². The maximum atomic E-state index is 12.0. The fraction of sp³-hybridized carbons (Fsp3) is 0.200. The number of ether oxygens (including phenoxy) is 1. The Hall–Kier alpha value is -2.76. The third-order valence-corrected chi connectivity index (χ3v) is 2.96. The van der Waals surface area contributed by atoms with Gasteiger partial charge < -0.3 is 20.4 Å². The predicted octanol–water partition coefficient (Wildman–Crippen LogP) is 1.39. The lowest BCUT2D eigenvalue weighted by Gasteiger charge is -2.11. The first kappa shape index (κ1) is 14.6. The number of methoxy groups -OCH3 is 1. The van der Waals surface area contributed by atoms with Gasteiger partial charge in [-0.3, -0.25) is 9.59 Å². The second-order valence-corrected chi connectivity index (χ2v) is 4.68. The van der Waals surface area contributed by atoms with Crippen LogP contribution < -0.4 is 21.3 Å². The number of aryl methyl sites for hydroxylation is 1. The molecule has 0 radical (unpaired) electrons. The van der Waals surface area contributed by atoms with Crippen molar-refractivity contribution in [1.29, 1.82) is 0 Å². The molecule has 6 heteroatoms. The lowest BCUT2D eigenvalue weighted by Crippen LogP contribution is -2.27. The van der Waals surface area contributed by atoms with Crippen LogP contribution in [0.2, 0.25) is 0 Å². The summed E-state index contributed by atoms with van der Waals surface area (Å²) < 4.78 is 6.49. The quantitative estimate of drug-likeness (QED) is 0.832. The summed E-state index contributed by atoms with van der Waals surface area (Å²) in [6, 6.07) is 8.21. The molecule has 3 N–H and O–H groups in total. The van der Waals surface area contributed by atoms with Crippen LogP contribution in [-0.4, -0.2) is 17.6 Å². The molecule has 1 aromatic carbocycles. The smallest absolute Gasteiger partial charge is 0.251 e. The third kappa shape index (κ3) is 3.62. The van der Waals surface area contributed by atoms with Gasteiger partial charge in [-0.1, -0.05) is 0 Å². The number of hydrogen-bond acceptors (Lipinski definition) is 4. The number of carbonyl (C=O) groups is 1. The minimum absolute atomic E-state index is 0.0724. The number of nitrogens with one attached hydrogen (secondary N) is 1. The van der Waals surface area contributed by atoms with Crippen LogP contribution in [0.3, 0.4) is 0 Å². The van der Waals surface area contributed by atoms with E-state index < -0.39 is 0 Å². The highest BCUT2D eigenvalue weighted by atomic mass is 16.5. The van der Waals surface area contributed by atoms with Gasteiger partial charge in [0.2, 0.25) is 5.91 Å². The first-order valence-corrected chi connectivity index (χ1v) is 6.40. The Balaban J connectivity index is 2.15. The number of pyridine rings is 1. The third-order valence-electron chi connectivity index (χ3n) is 2.96. The Morgan fingerprint density at radius 3 is 2.76 bits per heavy atom. The Morgan fingerprint density at radius 2 is 2.10 bits per heavy atom. The average molecular weight is 287 g/mol. The highest BCUT2D eigenvalue weighted by Crippen LogP contribution is 2.26. The predicted molar refractivity (Wildman–Crippen MR) is 81.5 cm³/mol. The first-order valence-electron chi connectivity index (χ1n) is 6.40.